The molecule has 0 amide bonds. The Morgan fingerprint density at radius 2 is 2.19 bits per heavy atom. The van der Waals surface area contributed by atoms with Gasteiger partial charge in [0.1, 0.15) is 5.69 Å². The van der Waals surface area contributed by atoms with Crippen LogP contribution in [0.4, 0.5) is 0 Å². The maximum atomic E-state index is 11.8. The smallest absolute Gasteiger partial charge is 0.258 e. The van der Waals surface area contributed by atoms with E-state index in [2.05, 4.69) is 9.71 Å². The predicted molar refractivity (Wildman–Crippen MR) is 59.7 cm³/mol. The van der Waals surface area contributed by atoms with Crippen LogP contribution in [0, 0.1) is 0 Å². The Morgan fingerprint density at radius 1 is 1.50 bits per heavy atom. The molecule has 0 aliphatic rings. The average molecular weight is 242 g/mol. The van der Waals surface area contributed by atoms with Gasteiger partial charge < -0.3 is 0 Å². The molecule has 1 unspecified atom stereocenters. The normalized spacial score (nSPS) is 13.4. The van der Waals surface area contributed by atoms with Crippen LogP contribution >= 0.6 is 0 Å². The number of aldehydes is 1. The Balaban J connectivity index is 3.02. The van der Waals surface area contributed by atoms with Gasteiger partial charge in [0.25, 0.3) is 10.0 Å². The highest BCUT2D eigenvalue weighted by Gasteiger charge is 2.17. The van der Waals surface area contributed by atoms with Crippen LogP contribution in [0.25, 0.3) is 0 Å². The van der Waals surface area contributed by atoms with Crippen LogP contribution < -0.4 is 4.72 Å². The maximum Gasteiger partial charge on any atom is 0.258 e. The summed E-state index contributed by atoms with van der Waals surface area (Å²) in [5.74, 6) is 0. The molecule has 0 bridgehead atoms. The van der Waals surface area contributed by atoms with Gasteiger partial charge in [0, 0.05) is 6.04 Å². The lowest BCUT2D eigenvalue weighted by atomic mass is 10.3. The first-order valence-corrected chi connectivity index (χ1v) is 6.42. The molecule has 1 N–H and O–H groups in total. The average Bonchev–Trinajstić information content (AvgIpc) is 2.28. The van der Waals surface area contributed by atoms with E-state index in [1.807, 2.05) is 6.92 Å². The van der Waals surface area contributed by atoms with E-state index in [-0.39, 0.29) is 16.8 Å². The first-order chi connectivity index (χ1) is 7.49. The molecule has 0 fully saturated rings. The molecule has 1 atom stereocenters. The molecule has 1 aromatic rings. The van der Waals surface area contributed by atoms with Crippen LogP contribution in [0.2, 0.25) is 0 Å². The molecule has 88 valence electrons. The van der Waals surface area contributed by atoms with Crippen LogP contribution in [0.15, 0.2) is 23.2 Å². The fourth-order valence-electron chi connectivity index (χ4n) is 1.05. The number of aromatic nitrogens is 1. The van der Waals surface area contributed by atoms with Gasteiger partial charge in [0.2, 0.25) is 0 Å². The van der Waals surface area contributed by atoms with E-state index in [0.717, 1.165) is 0 Å². The third-order valence-electron chi connectivity index (χ3n) is 2.11. The minimum Gasteiger partial charge on any atom is -0.296 e. The number of hydrogen-bond donors (Lipinski definition) is 1. The second kappa shape index (κ2) is 5.18. The summed E-state index contributed by atoms with van der Waals surface area (Å²) in [5, 5.41) is -0.127. The van der Waals surface area contributed by atoms with Crippen molar-refractivity contribution in [1.82, 2.24) is 9.71 Å². The first kappa shape index (κ1) is 12.8. The molecule has 1 aromatic heterocycles. The Hall–Kier alpha value is -1.27. The Bertz CT molecular complexity index is 471. The van der Waals surface area contributed by atoms with Crippen LogP contribution in [0.1, 0.15) is 30.8 Å². The summed E-state index contributed by atoms with van der Waals surface area (Å²) in [7, 11) is -3.62. The molecule has 0 aliphatic heterocycles. The second-order valence-electron chi connectivity index (χ2n) is 3.45. The summed E-state index contributed by atoms with van der Waals surface area (Å²) in [5.41, 5.74) is 0.104. The zero-order valence-corrected chi connectivity index (χ0v) is 9.99. The van der Waals surface area contributed by atoms with Crippen molar-refractivity contribution in [3.8, 4) is 0 Å². The van der Waals surface area contributed by atoms with Gasteiger partial charge in [-0.3, -0.25) is 4.79 Å². The minimum absolute atomic E-state index is 0.104. The Kier molecular flexibility index (Phi) is 4.14. The van der Waals surface area contributed by atoms with E-state index in [1.165, 1.54) is 18.2 Å². The van der Waals surface area contributed by atoms with Gasteiger partial charge in [0.05, 0.1) is 0 Å². The molecule has 1 rings (SSSR count). The van der Waals surface area contributed by atoms with Crippen molar-refractivity contribution in [2.24, 2.45) is 0 Å². The van der Waals surface area contributed by atoms with Crippen molar-refractivity contribution in [3.05, 3.63) is 23.9 Å². The van der Waals surface area contributed by atoms with Gasteiger partial charge in [0.15, 0.2) is 11.3 Å². The second-order valence-corrected chi connectivity index (χ2v) is 5.11. The summed E-state index contributed by atoms with van der Waals surface area (Å²) in [6, 6.07) is 4.14. The number of nitrogens with one attached hydrogen (secondary N) is 1. The summed E-state index contributed by atoms with van der Waals surface area (Å²) in [6.45, 7) is 3.64. The summed E-state index contributed by atoms with van der Waals surface area (Å²) in [6.07, 6.45) is 1.20. The van der Waals surface area contributed by atoms with E-state index < -0.39 is 10.0 Å². The molecule has 1 heterocycles. The third-order valence-corrected chi connectivity index (χ3v) is 3.60. The molecule has 16 heavy (non-hydrogen) atoms. The molecule has 0 aromatic carbocycles. The van der Waals surface area contributed by atoms with Crippen molar-refractivity contribution in [1.29, 1.82) is 0 Å². The zero-order valence-electron chi connectivity index (χ0n) is 9.17. The maximum absolute atomic E-state index is 11.8. The molecule has 0 saturated carbocycles. The number of carbonyl (C=O) groups is 1. The topological polar surface area (TPSA) is 76.1 Å². The lowest BCUT2D eigenvalue weighted by Crippen LogP contribution is -2.32. The quantitative estimate of drug-likeness (QED) is 0.781. The van der Waals surface area contributed by atoms with Crippen molar-refractivity contribution < 1.29 is 13.2 Å². The molecule has 0 spiro atoms. The lowest BCUT2D eigenvalue weighted by Gasteiger charge is -2.11. The van der Waals surface area contributed by atoms with Gasteiger partial charge in [-0.05, 0) is 25.5 Å². The molecular weight excluding hydrogens is 228 g/mol. The van der Waals surface area contributed by atoms with Crippen LogP contribution in [0.5, 0.6) is 0 Å². The number of hydrogen-bond acceptors (Lipinski definition) is 4. The standard InChI is InChI=1S/C10H14N2O3S/c1-3-8(2)12-16(14,15)10-6-4-5-9(7-13)11-10/h4-8,12H,3H2,1-2H3. The molecular formula is C10H14N2O3S. The number of pyridine rings is 1. The number of carbonyl (C=O) groups excluding carboxylic acids is 1. The van der Waals surface area contributed by atoms with Crippen molar-refractivity contribution in [2.75, 3.05) is 0 Å². The van der Waals surface area contributed by atoms with E-state index in [4.69, 9.17) is 0 Å². The monoisotopic (exact) mass is 242 g/mol. The lowest BCUT2D eigenvalue weighted by molar-refractivity contribution is 0.111. The molecule has 0 aliphatic carbocycles. The van der Waals surface area contributed by atoms with E-state index >= 15 is 0 Å². The minimum atomic E-state index is -3.62. The largest absolute Gasteiger partial charge is 0.296 e. The van der Waals surface area contributed by atoms with Gasteiger partial charge in [-0.15, -0.1) is 0 Å². The zero-order chi connectivity index (χ0) is 12.2. The molecule has 0 radical (unpaired) electrons. The van der Waals surface area contributed by atoms with Crippen molar-refractivity contribution in [2.45, 2.75) is 31.3 Å². The highest BCUT2D eigenvalue weighted by atomic mass is 32.2. The fraction of sp³-hybridized carbons (Fsp3) is 0.400. The number of nitrogens with zero attached hydrogens (tertiary/aromatic N) is 1. The van der Waals surface area contributed by atoms with Crippen LogP contribution in [0.3, 0.4) is 0 Å². The third kappa shape index (κ3) is 3.11. The first-order valence-electron chi connectivity index (χ1n) is 4.94. The summed E-state index contributed by atoms with van der Waals surface area (Å²) >= 11 is 0. The Morgan fingerprint density at radius 3 is 2.75 bits per heavy atom. The summed E-state index contributed by atoms with van der Waals surface area (Å²) in [4.78, 5) is 14.2. The predicted octanol–water partition coefficient (Wildman–Crippen LogP) is 0.971. The molecule has 6 heteroatoms. The van der Waals surface area contributed by atoms with Gasteiger partial charge in [-0.25, -0.2) is 18.1 Å². The summed E-state index contributed by atoms with van der Waals surface area (Å²) < 4.78 is 26.0. The van der Waals surface area contributed by atoms with Crippen molar-refractivity contribution in [3.63, 3.8) is 0 Å². The van der Waals surface area contributed by atoms with Gasteiger partial charge >= 0.3 is 0 Å². The number of rotatable bonds is 5. The molecule has 0 saturated heterocycles. The SMILES string of the molecule is CCC(C)NS(=O)(=O)c1cccc(C=O)n1. The van der Waals surface area contributed by atoms with Gasteiger partial charge in [-0.1, -0.05) is 13.0 Å². The van der Waals surface area contributed by atoms with E-state index in [1.54, 1.807) is 6.92 Å². The highest BCUT2D eigenvalue weighted by molar-refractivity contribution is 7.89. The van der Waals surface area contributed by atoms with Crippen molar-refractivity contribution >= 4 is 16.3 Å². The van der Waals surface area contributed by atoms with E-state index in [9.17, 15) is 13.2 Å². The molecule has 5 nitrogen and oxygen atoms in total. The van der Waals surface area contributed by atoms with Crippen LogP contribution in [-0.2, 0) is 10.0 Å². The number of sulfonamides is 1. The van der Waals surface area contributed by atoms with Gasteiger partial charge in [-0.2, -0.15) is 0 Å². The highest BCUT2D eigenvalue weighted by Crippen LogP contribution is 2.07. The van der Waals surface area contributed by atoms with E-state index in [0.29, 0.717) is 12.7 Å². The van der Waals surface area contributed by atoms with Crippen LogP contribution in [-0.4, -0.2) is 25.7 Å². The fourth-order valence-corrected chi connectivity index (χ4v) is 2.36. The Labute approximate surface area is 94.9 Å².